The second-order valence-corrected chi connectivity index (χ2v) is 7.69. The van der Waals surface area contributed by atoms with Crippen LogP contribution in [0.5, 0.6) is 0 Å². The van der Waals surface area contributed by atoms with Crippen molar-refractivity contribution in [1.29, 1.82) is 0 Å². The van der Waals surface area contributed by atoms with Gasteiger partial charge in [0.1, 0.15) is 0 Å². The van der Waals surface area contributed by atoms with Crippen molar-refractivity contribution in [1.82, 2.24) is 15.1 Å². The van der Waals surface area contributed by atoms with Crippen LogP contribution in [0.25, 0.3) is 0 Å². The number of non-ortho nitro benzene ring substituents is 1. The van der Waals surface area contributed by atoms with Gasteiger partial charge in [-0.05, 0) is 24.8 Å². The molecule has 1 aromatic carbocycles. The van der Waals surface area contributed by atoms with Gasteiger partial charge < -0.3 is 19.9 Å². The van der Waals surface area contributed by atoms with Crippen molar-refractivity contribution >= 4 is 41.5 Å². The number of benzene rings is 1. The first-order valence-corrected chi connectivity index (χ1v) is 10.7. The molecule has 172 valence electrons. The van der Waals surface area contributed by atoms with Crippen LogP contribution in [0.15, 0.2) is 29.3 Å². The molecule has 10 heteroatoms. The number of ether oxygens (including phenoxy) is 1. The summed E-state index contributed by atoms with van der Waals surface area (Å²) in [6.07, 6.45) is 2.63. The van der Waals surface area contributed by atoms with Gasteiger partial charge in [-0.25, -0.2) is 4.99 Å². The summed E-state index contributed by atoms with van der Waals surface area (Å²) in [6, 6.07) is 6.50. The van der Waals surface area contributed by atoms with Gasteiger partial charge in [0.15, 0.2) is 5.96 Å². The Kier molecular flexibility index (Phi) is 10.4. The molecule has 0 unspecified atom stereocenters. The molecule has 2 aliphatic rings. The smallest absolute Gasteiger partial charge is 0.269 e. The van der Waals surface area contributed by atoms with E-state index in [1.54, 1.807) is 12.1 Å². The van der Waals surface area contributed by atoms with Gasteiger partial charge in [-0.2, -0.15) is 0 Å². The van der Waals surface area contributed by atoms with E-state index in [1.165, 1.54) is 12.1 Å². The molecule has 1 aromatic rings. The molecule has 0 atom stereocenters. The topological polar surface area (TPSA) is 100 Å². The Hall–Kier alpha value is -1.95. The Labute approximate surface area is 200 Å². The Morgan fingerprint density at radius 1 is 1.16 bits per heavy atom. The van der Waals surface area contributed by atoms with Crippen molar-refractivity contribution in [2.45, 2.75) is 32.7 Å². The van der Waals surface area contributed by atoms with E-state index in [1.807, 2.05) is 4.90 Å². The number of halogens is 1. The first-order chi connectivity index (χ1) is 14.6. The zero-order chi connectivity index (χ0) is 21.3. The first kappa shape index (κ1) is 25.3. The normalized spacial score (nSPS) is 17.8. The lowest BCUT2D eigenvalue weighted by Crippen LogP contribution is -2.50. The van der Waals surface area contributed by atoms with E-state index in [4.69, 9.17) is 9.73 Å². The average Bonchev–Trinajstić information content (AvgIpc) is 2.80. The molecule has 0 radical (unpaired) electrons. The van der Waals surface area contributed by atoms with Gasteiger partial charge in [0.2, 0.25) is 5.91 Å². The fourth-order valence-electron chi connectivity index (χ4n) is 3.77. The second kappa shape index (κ2) is 12.8. The van der Waals surface area contributed by atoms with Crippen LogP contribution < -0.4 is 5.32 Å². The molecule has 0 aromatic heterocycles. The number of hydrogen-bond acceptors (Lipinski definition) is 5. The third-order valence-corrected chi connectivity index (χ3v) is 5.56. The third kappa shape index (κ3) is 7.30. The number of nitrogens with zero attached hydrogens (tertiary/aromatic N) is 4. The number of guanidine groups is 1. The van der Waals surface area contributed by atoms with Crippen LogP contribution in [-0.4, -0.2) is 72.5 Å². The van der Waals surface area contributed by atoms with E-state index >= 15 is 0 Å². The molecular weight excluding hydrogens is 513 g/mol. The SMILES string of the molecule is CCCNC(=NCc1ccc([N+](=O)[O-])cc1)N1CCC(C(=O)N2CCOCC2)CC1.I. The number of likely N-dealkylation sites (tertiary alicyclic amines) is 1. The van der Waals surface area contributed by atoms with Crippen LogP contribution in [0.2, 0.25) is 0 Å². The summed E-state index contributed by atoms with van der Waals surface area (Å²) in [5, 5.41) is 14.2. The summed E-state index contributed by atoms with van der Waals surface area (Å²) >= 11 is 0. The van der Waals surface area contributed by atoms with Gasteiger partial charge in [0.25, 0.3) is 5.69 Å². The summed E-state index contributed by atoms with van der Waals surface area (Å²) in [5.41, 5.74) is 1.01. The zero-order valence-electron chi connectivity index (χ0n) is 18.0. The highest BCUT2D eigenvalue weighted by Crippen LogP contribution is 2.21. The number of aliphatic imine (C=N–C) groups is 1. The number of nitro benzene ring substituents is 1. The van der Waals surface area contributed by atoms with Gasteiger partial charge in [-0.1, -0.05) is 19.1 Å². The van der Waals surface area contributed by atoms with E-state index < -0.39 is 4.92 Å². The summed E-state index contributed by atoms with van der Waals surface area (Å²) in [4.78, 5) is 32.0. The maximum Gasteiger partial charge on any atom is 0.269 e. The number of carbonyl (C=O) groups is 1. The Morgan fingerprint density at radius 2 is 1.81 bits per heavy atom. The fourth-order valence-corrected chi connectivity index (χ4v) is 3.77. The largest absolute Gasteiger partial charge is 0.378 e. The maximum atomic E-state index is 12.7. The minimum atomic E-state index is -0.399. The molecule has 2 aliphatic heterocycles. The van der Waals surface area contributed by atoms with E-state index in [9.17, 15) is 14.9 Å². The van der Waals surface area contributed by atoms with Crippen molar-refractivity contribution in [3.8, 4) is 0 Å². The van der Waals surface area contributed by atoms with Gasteiger partial charge in [-0.3, -0.25) is 14.9 Å². The molecule has 0 saturated carbocycles. The minimum Gasteiger partial charge on any atom is -0.378 e. The maximum absolute atomic E-state index is 12.7. The molecule has 1 N–H and O–H groups in total. The fraction of sp³-hybridized carbons (Fsp3) is 0.619. The van der Waals surface area contributed by atoms with Crippen molar-refractivity contribution in [2.24, 2.45) is 10.9 Å². The lowest BCUT2D eigenvalue weighted by molar-refractivity contribution is -0.384. The van der Waals surface area contributed by atoms with Crippen LogP contribution in [0.1, 0.15) is 31.7 Å². The molecule has 0 spiro atoms. The van der Waals surface area contributed by atoms with Crippen molar-refractivity contribution < 1.29 is 14.5 Å². The third-order valence-electron chi connectivity index (χ3n) is 5.56. The van der Waals surface area contributed by atoms with Crippen LogP contribution in [0, 0.1) is 16.0 Å². The molecule has 0 aliphatic carbocycles. The summed E-state index contributed by atoms with van der Waals surface area (Å²) in [5.74, 6) is 1.16. The Bertz CT molecular complexity index is 745. The van der Waals surface area contributed by atoms with E-state index in [0.717, 1.165) is 50.4 Å². The van der Waals surface area contributed by atoms with Crippen LogP contribution in [0.4, 0.5) is 5.69 Å². The average molecular weight is 545 g/mol. The van der Waals surface area contributed by atoms with Gasteiger partial charge in [0.05, 0.1) is 24.7 Å². The molecule has 3 rings (SSSR count). The molecule has 2 fully saturated rings. The lowest BCUT2D eigenvalue weighted by Gasteiger charge is -2.36. The predicted molar refractivity (Wildman–Crippen MR) is 130 cm³/mol. The standard InChI is InChI=1S/C21H31N5O4.HI/c1-2-9-22-21(23-16-17-3-5-19(6-4-17)26(28)29)25-10-7-18(8-11-25)20(27)24-12-14-30-15-13-24;/h3-6,18H,2,7-16H2,1H3,(H,22,23);1H. The molecular formula is C21H32IN5O4. The summed E-state index contributed by atoms with van der Waals surface area (Å²) in [7, 11) is 0. The number of morpholine rings is 1. The zero-order valence-corrected chi connectivity index (χ0v) is 20.3. The molecule has 2 saturated heterocycles. The van der Waals surface area contributed by atoms with Crippen LogP contribution >= 0.6 is 24.0 Å². The molecule has 0 bridgehead atoms. The van der Waals surface area contributed by atoms with Crippen molar-refractivity contribution in [2.75, 3.05) is 45.9 Å². The highest BCUT2D eigenvalue weighted by atomic mass is 127. The monoisotopic (exact) mass is 545 g/mol. The van der Waals surface area contributed by atoms with E-state index in [0.29, 0.717) is 32.8 Å². The Balaban J connectivity index is 0.00000341. The van der Waals surface area contributed by atoms with Gasteiger partial charge >= 0.3 is 0 Å². The lowest BCUT2D eigenvalue weighted by atomic mass is 9.95. The summed E-state index contributed by atoms with van der Waals surface area (Å²) in [6.45, 7) is 7.61. The summed E-state index contributed by atoms with van der Waals surface area (Å²) < 4.78 is 5.35. The molecule has 2 heterocycles. The number of piperidine rings is 1. The highest BCUT2D eigenvalue weighted by molar-refractivity contribution is 14.0. The number of carbonyl (C=O) groups excluding carboxylic acids is 1. The van der Waals surface area contributed by atoms with Crippen LogP contribution in [-0.2, 0) is 16.1 Å². The highest BCUT2D eigenvalue weighted by Gasteiger charge is 2.30. The quantitative estimate of drug-likeness (QED) is 0.194. The number of nitrogens with one attached hydrogen (secondary N) is 1. The van der Waals surface area contributed by atoms with Gasteiger partial charge in [-0.15, -0.1) is 24.0 Å². The second-order valence-electron chi connectivity index (χ2n) is 7.69. The number of nitro groups is 1. The molecule has 1 amide bonds. The van der Waals surface area contributed by atoms with E-state index in [2.05, 4.69) is 17.1 Å². The van der Waals surface area contributed by atoms with Crippen molar-refractivity contribution in [3.05, 3.63) is 39.9 Å². The molecule has 9 nitrogen and oxygen atoms in total. The Morgan fingerprint density at radius 3 is 2.39 bits per heavy atom. The minimum absolute atomic E-state index is 0. The molecule has 31 heavy (non-hydrogen) atoms. The predicted octanol–water partition coefficient (Wildman–Crippen LogP) is 2.64. The number of hydrogen-bond donors (Lipinski definition) is 1. The first-order valence-electron chi connectivity index (χ1n) is 10.7. The number of rotatable bonds is 6. The van der Waals surface area contributed by atoms with Crippen molar-refractivity contribution in [3.63, 3.8) is 0 Å². The van der Waals surface area contributed by atoms with Crippen LogP contribution in [0.3, 0.4) is 0 Å². The van der Waals surface area contributed by atoms with Gasteiger partial charge in [0, 0.05) is 50.8 Å². The number of amides is 1. The van der Waals surface area contributed by atoms with E-state index in [-0.39, 0.29) is 41.5 Å².